The number of allylic oxidation sites excluding steroid dienone is 1. The molecule has 0 bridgehead atoms. The molecule has 0 radical (unpaired) electrons. The first-order valence-corrected chi connectivity index (χ1v) is 10.5. The average Bonchev–Trinajstić information content (AvgIpc) is 2.65. The molecular weight excluding hydrogens is 322 g/mol. The molecule has 0 unspecified atom stereocenters. The molecule has 0 saturated carbocycles. The van der Waals surface area contributed by atoms with Crippen molar-refractivity contribution >= 4 is 29.2 Å². The normalized spacial score (nSPS) is 12.7. The van der Waals surface area contributed by atoms with E-state index in [1.54, 1.807) is 0 Å². The van der Waals surface area contributed by atoms with E-state index < -0.39 is 0 Å². The fraction of sp³-hybridized carbons (Fsp3) is 0.391. The van der Waals surface area contributed by atoms with Crippen LogP contribution in [0.4, 0.5) is 11.4 Å². The van der Waals surface area contributed by atoms with Crippen LogP contribution in [0.15, 0.2) is 58.3 Å². The SMILES string of the molecule is CCCCCCCCC/C=C/c1ccc2c(c1)Nc1ccccc1S2. The summed E-state index contributed by atoms with van der Waals surface area (Å²) in [7, 11) is 0. The van der Waals surface area contributed by atoms with Gasteiger partial charge in [-0.2, -0.15) is 0 Å². The first-order chi connectivity index (χ1) is 12.4. The van der Waals surface area contributed by atoms with Gasteiger partial charge in [0.25, 0.3) is 0 Å². The van der Waals surface area contributed by atoms with E-state index in [4.69, 9.17) is 0 Å². The highest BCUT2D eigenvalue weighted by molar-refractivity contribution is 7.99. The summed E-state index contributed by atoms with van der Waals surface area (Å²) in [6.45, 7) is 2.28. The largest absolute Gasteiger partial charge is 0.354 e. The van der Waals surface area contributed by atoms with Crippen molar-refractivity contribution in [1.82, 2.24) is 0 Å². The van der Waals surface area contributed by atoms with E-state index >= 15 is 0 Å². The lowest BCUT2D eigenvalue weighted by molar-refractivity contribution is 0.592. The molecule has 2 heteroatoms. The predicted molar refractivity (Wildman–Crippen MR) is 112 cm³/mol. The van der Waals surface area contributed by atoms with Gasteiger partial charge < -0.3 is 5.32 Å². The molecule has 0 atom stereocenters. The Morgan fingerprint density at radius 2 is 1.60 bits per heavy atom. The third-order valence-electron chi connectivity index (χ3n) is 4.66. The van der Waals surface area contributed by atoms with Gasteiger partial charge in [0.05, 0.1) is 11.4 Å². The van der Waals surface area contributed by atoms with Gasteiger partial charge in [-0.25, -0.2) is 0 Å². The van der Waals surface area contributed by atoms with Gasteiger partial charge in [0, 0.05) is 9.79 Å². The van der Waals surface area contributed by atoms with Crippen molar-refractivity contribution < 1.29 is 0 Å². The number of nitrogens with one attached hydrogen (secondary N) is 1. The Balaban J connectivity index is 1.45. The highest BCUT2D eigenvalue weighted by Crippen LogP contribution is 2.44. The summed E-state index contributed by atoms with van der Waals surface area (Å²) >= 11 is 1.85. The van der Waals surface area contributed by atoms with Crippen molar-refractivity contribution in [3.63, 3.8) is 0 Å². The molecule has 0 fully saturated rings. The summed E-state index contributed by atoms with van der Waals surface area (Å²) in [6.07, 6.45) is 15.4. The summed E-state index contributed by atoms with van der Waals surface area (Å²) < 4.78 is 0. The summed E-state index contributed by atoms with van der Waals surface area (Å²) in [6, 6.07) is 15.2. The van der Waals surface area contributed by atoms with Gasteiger partial charge in [-0.1, -0.05) is 87.6 Å². The molecule has 3 rings (SSSR count). The van der Waals surface area contributed by atoms with Crippen molar-refractivity contribution in [2.75, 3.05) is 5.32 Å². The van der Waals surface area contributed by atoms with E-state index in [9.17, 15) is 0 Å². The average molecular weight is 352 g/mol. The molecule has 0 saturated heterocycles. The minimum absolute atomic E-state index is 1.19. The van der Waals surface area contributed by atoms with Gasteiger partial charge in [-0.05, 0) is 42.7 Å². The summed E-state index contributed by atoms with van der Waals surface area (Å²) in [5.74, 6) is 0. The number of anilines is 2. The van der Waals surface area contributed by atoms with Crippen LogP contribution in [0.3, 0.4) is 0 Å². The topological polar surface area (TPSA) is 12.0 Å². The van der Waals surface area contributed by atoms with Crippen molar-refractivity contribution in [3.8, 4) is 0 Å². The van der Waals surface area contributed by atoms with Crippen LogP contribution >= 0.6 is 11.8 Å². The van der Waals surface area contributed by atoms with E-state index in [0.29, 0.717) is 0 Å². The highest BCUT2D eigenvalue weighted by Gasteiger charge is 2.14. The van der Waals surface area contributed by atoms with Crippen molar-refractivity contribution in [2.24, 2.45) is 0 Å². The number of rotatable bonds is 9. The second kappa shape index (κ2) is 9.72. The van der Waals surface area contributed by atoms with Crippen LogP contribution in [0.5, 0.6) is 0 Å². The maximum Gasteiger partial charge on any atom is 0.0532 e. The zero-order valence-electron chi connectivity index (χ0n) is 15.3. The van der Waals surface area contributed by atoms with Gasteiger partial charge in [0.15, 0.2) is 0 Å². The molecule has 1 heterocycles. The quantitative estimate of drug-likeness (QED) is 0.391. The molecule has 0 aromatic heterocycles. The lowest BCUT2D eigenvalue weighted by Gasteiger charge is -2.20. The van der Waals surface area contributed by atoms with Gasteiger partial charge in [-0.15, -0.1) is 0 Å². The van der Waals surface area contributed by atoms with E-state index in [-0.39, 0.29) is 0 Å². The van der Waals surface area contributed by atoms with Crippen LogP contribution in [0, 0.1) is 0 Å². The van der Waals surface area contributed by atoms with Crippen LogP contribution < -0.4 is 5.32 Å². The van der Waals surface area contributed by atoms with Crippen molar-refractivity contribution in [2.45, 2.75) is 68.1 Å². The highest BCUT2D eigenvalue weighted by atomic mass is 32.2. The van der Waals surface area contributed by atoms with Gasteiger partial charge in [0.2, 0.25) is 0 Å². The lowest BCUT2D eigenvalue weighted by Crippen LogP contribution is -1.99. The maximum atomic E-state index is 3.56. The third-order valence-corrected chi connectivity index (χ3v) is 5.82. The lowest BCUT2D eigenvalue weighted by atomic mass is 10.1. The second-order valence-corrected chi connectivity index (χ2v) is 7.87. The fourth-order valence-electron chi connectivity index (χ4n) is 3.20. The van der Waals surface area contributed by atoms with Crippen LogP contribution in [0.25, 0.3) is 6.08 Å². The molecule has 1 nitrogen and oxygen atoms in total. The first kappa shape index (κ1) is 18.1. The Hall–Kier alpha value is -1.67. The number of unbranched alkanes of at least 4 members (excludes halogenated alkanes) is 7. The second-order valence-electron chi connectivity index (χ2n) is 6.79. The molecule has 25 heavy (non-hydrogen) atoms. The minimum atomic E-state index is 1.19. The maximum absolute atomic E-state index is 3.56. The standard InChI is InChI=1S/C23H29NS/c1-2-3-4-5-6-7-8-9-10-13-19-16-17-23-21(18-19)24-20-14-11-12-15-22(20)25-23/h10-18,24H,2-9H2,1H3/b13-10+. The first-order valence-electron chi connectivity index (χ1n) is 9.71. The molecule has 1 aliphatic rings. The Labute approximate surface area is 156 Å². The summed E-state index contributed by atoms with van der Waals surface area (Å²) in [5.41, 5.74) is 3.72. The Morgan fingerprint density at radius 3 is 2.48 bits per heavy atom. The van der Waals surface area contributed by atoms with E-state index in [1.165, 1.54) is 78.1 Å². The van der Waals surface area contributed by atoms with Gasteiger partial charge in [-0.3, -0.25) is 0 Å². The number of fused-ring (bicyclic) bond motifs is 2. The van der Waals surface area contributed by atoms with Gasteiger partial charge >= 0.3 is 0 Å². The molecule has 2 aromatic rings. The number of hydrogen-bond acceptors (Lipinski definition) is 2. The fourth-order valence-corrected chi connectivity index (χ4v) is 4.17. The van der Waals surface area contributed by atoms with Crippen LogP contribution in [-0.4, -0.2) is 0 Å². The Morgan fingerprint density at radius 1 is 0.840 bits per heavy atom. The molecule has 132 valence electrons. The number of hydrogen-bond donors (Lipinski definition) is 1. The summed E-state index contributed by atoms with van der Waals surface area (Å²) in [4.78, 5) is 2.61. The van der Waals surface area contributed by atoms with Crippen LogP contribution in [-0.2, 0) is 0 Å². The smallest absolute Gasteiger partial charge is 0.0532 e. The zero-order valence-corrected chi connectivity index (χ0v) is 16.1. The van der Waals surface area contributed by atoms with Crippen molar-refractivity contribution in [1.29, 1.82) is 0 Å². The van der Waals surface area contributed by atoms with Crippen LogP contribution in [0.2, 0.25) is 0 Å². The molecule has 0 aliphatic carbocycles. The summed E-state index contributed by atoms with van der Waals surface area (Å²) in [5, 5.41) is 3.56. The third kappa shape index (κ3) is 5.40. The molecule has 0 amide bonds. The predicted octanol–water partition coefficient (Wildman–Crippen LogP) is 8.05. The number of para-hydroxylation sites is 1. The Bertz CT molecular complexity index is 705. The molecule has 1 N–H and O–H groups in total. The molecular formula is C23H29NS. The zero-order chi connectivity index (χ0) is 17.3. The van der Waals surface area contributed by atoms with Gasteiger partial charge in [0.1, 0.15) is 0 Å². The molecule has 1 aliphatic heterocycles. The Kier molecular flexibility index (Phi) is 7.05. The van der Waals surface area contributed by atoms with E-state index in [2.05, 4.69) is 66.9 Å². The van der Waals surface area contributed by atoms with Crippen molar-refractivity contribution in [3.05, 3.63) is 54.1 Å². The monoisotopic (exact) mass is 351 g/mol. The van der Waals surface area contributed by atoms with E-state index in [0.717, 1.165) is 0 Å². The number of benzene rings is 2. The molecule has 0 spiro atoms. The van der Waals surface area contributed by atoms with Crippen LogP contribution in [0.1, 0.15) is 63.9 Å². The van der Waals surface area contributed by atoms with E-state index in [1.807, 2.05) is 11.8 Å². The minimum Gasteiger partial charge on any atom is -0.354 e. The molecule has 2 aromatic carbocycles.